The van der Waals surface area contributed by atoms with Gasteiger partial charge in [-0.2, -0.15) is 0 Å². The number of nitrogens with one attached hydrogen (secondary N) is 2. The third-order valence-electron chi connectivity index (χ3n) is 9.78. The Balaban J connectivity index is 1.09. The summed E-state index contributed by atoms with van der Waals surface area (Å²) in [6.07, 6.45) is 1.26. The molecule has 3 aliphatic heterocycles. The highest BCUT2D eigenvalue weighted by molar-refractivity contribution is 5.87. The highest BCUT2D eigenvalue weighted by Crippen LogP contribution is 2.42. The lowest BCUT2D eigenvalue weighted by Gasteiger charge is -2.44. The van der Waals surface area contributed by atoms with Gasteiger partial charge in [0.25, 0.3) is 0 Å². The van der Waals surface area contributed by atoms with Crippen LogP contribution in [0.4, 0.5) is 4.79 Å². The summed E-state index contributed by atoms with van der Waals surface area (Å²) < 4.78 is 25.2. The van der Waals surface area contributed by atoms with Crippen LogP contribution < -0.4 is 10.6 Å². The van der Waals surface area contributed by atoms with Crippen molar-refractivity contribution in [2.45, 2.75) is 76.6 Å². The Labute approximate surface area is 282 Å². The van der Waals surface area contributed by atoms with Gasteiger partial charge in [0.05, 0.1) is 38.1 Å². The monoisotopic (exact) mass is 657 g/mol. The Kier molecular flexibility index (Phi) is 11.2. The second-order valence-electron chi connectivity index (χ2n) is 13.2. The number of likely N-dealkylation sites (tertiary alicyclic amines) is 1. The molecule has 10 nitrogen and oxygen atoms in total. The summed E-state index contributed by atoms with van der Waals surface area (Å²) in [5, 5.41) is 15.3. The molecule has 3 N–H and O–H groups in total. The molecule has 0 radical (unpaired) electrons. The van der Waals surface area contributed by atoms with Crippen LogP contribution in [0.2, 0.25) is 0 Å². The fourth-order valence-corrected chi connectivity index (χ4v) is 6.77. The lowest BCUT2D eigenvalue weighted by atomic mass is 9.89. The normalized spacial score (nSPS) is 24.6. The molecular formula is C38H47N3O7. The molecule has 256 valence electrons. The predicted molar refractivity (Wildman–Crippen MR) is 180 cm³/mol. The van der Waals surface area contributed by atoms with Crippen molar-refractivity contribution in [3.05, 3.63) is 107 Å². The maximum absolute atomic E-state index is 12.7. The number of benzene rings is 3. The number of carbonyl (C=O) groups is 2. The molecule has 0 aromatic heterocycles. The number of aliphatic hydroxyl groups excluding tert-OH is 1. The fraction of sp³-hybridized carbons (Fsp3) is 0.474. The van der Waals surface area contributed by atoms with E-state index in [4.69, 9.17) is 18.9 Å². The molecular weight excluding hydrogens is 610 g/mol. The average Bonchev–Trinajstić information content (AvgIpc) is 3.57. The summed E-state index contributed by atoms with van der Waals surface area (Å²) in [5.41, 5.74) is 4.69. The van der Waals surface area contributed by atoms with Crippen LogP contribution in [0, 0.1) is 5.92 Å². The van der Waals surface area contributed by atoms with Crippen LogP contribution in [0.3, 0.4) is 0 Å². The molecule has 3 heterocycles. The zero-order chi connectivity index (χ0) is 33.5. The number of ketones is 1. The summed E-state index contributed by atoms with van der Waals surface area (Å²) in [5.74, 6) is -0.437. The Morgan fingerprint density at radius 3 is 2.17 bits per heavy atom. The average molecular weight is 658 g/mol. The first-order valence-electron chi connectivity index (χ1n) is 17.0. The molecule has 3 aromatic rings. The Bertz CT molecular complexity index is 1480. The summed E-state index contributed by atoms with van der Waals surface area (Å²) in [6, 6.07) is 24.5. The molecule has 1 unspecified atom stereocenters. The van der Waals surface area contributed by atoms with Crippen LogP contribution in [0.1, 0.15) is 66.9 Å². The van der Waals surface area contributed by atoms with Crippen molar-refractivity contribution in [2.75, 3.05) is 32.8 Å². The third-order valence-corrected chi connectivity index (χ3v) is 9.78. The van der Waals surface area contributed by atoms with Crippen molar-refractivity contribution >= 4 is 11.8 Å². The van der Waals surface area contributed by atoms with Crippen LogP contribution in [-0.2, 0) is 43.3 Å². The number of hydrogen-bond acceptors (Lipinski definition) is 8. The molecule has 3 saturated heterocycles. The molecule has 5 atom stereocenters. The van der Waals surface area contributed by atoms with Crippen LogP contribution in [0.25, 0.3) is 0 Å². The number of urea groups is 1. The van der Waals surface area contributed by atoms with E-state index in [1.54, 1.807) is 0 Å². The Morgan fingerprint density at radius 2 is 1.52 bits per heavy atom. The Hall–Kier alpha value is -3.64. The van der Waals surface area contributed by atoms with E-state index >= 15 is 0 Å². The van der Waals surface area contributed by atoms with E-state index in [-0.39, 0.29) is 30.5 Å². The Morgan fingerprint density at radius 1 is 0.875 bits per heavy atom. The van der Waals surface area contributed by atoms with Gasteiger partial charge in [-0.15, -0.1) is 0 Å². The van der Waals surface area contributed by atoms with E-state index in [1.807, 2.05) is 78.9 Å². The number of hydrogen-bond donors (Lipinski definition) is 3. The molecule has 0 saturated carbocycles. The van der Waals surface area contributed by atoms with E-state index < -0.39 is 24.2 Å². The zero-order valence-electron chi connectivity index (χ0n) is 27.8. The van der Waals surface area contributed by atoms with Gasteiger partial charge in [-0.1, -0.05) is 85.8 Å². The number of nitrogens with zero attached hydrogens (tertiary/aromatic N) is 1. The van der Waals surface area contributed by atoms with Crippen molar-refractivity contribution < 1.29 is 33.6 Å². The maximum atomic E-state index is 12.7. The lowest BCUT2D eigenvalue weighted by molar-refractivity contribution is -0.278. The minimum absolute atomic E-state index is 0.00649. The van der Waals surface area contributed by atoms with Gasteiger partial charge >= 0.3 is 6.03 Å². The molecule has 3 aliphatic rings. The van der Waals surface area contributed by atoms with Gasteiger partial charge in [0.2, 0.25) is 0 Å². The number of aliphatic hydroxyl groups is 1. The predicted octanol–water partition coefficient (Wildman–Crippen LogP) is 4.81. The molecule has 48 heavy (non-hydrogen) atoms. The van der Waals surface area contributed by atoms with E-state index in [1.165, 1.54) is 6.92 Å². The number of rotatable bonds is 11. The number of amides is 2. The molecule has 0 aliphatic carbocycles. The van der Waals surface area contributed by atoms with Crippen molar-refractivity contribution in [2.24, 2.45) is 5.92 Å². The van der Waals surface area contributed by atoms with Crippen molar-refractivity contribution in [1.29, 1.82) is 0 Å². The maximum Gasteiger partial charge on any atom is 0.315 e. The number of carbonyl (C=O) groups excluding carboxylic acids is 2. The quantitative estimate of drug-likeness (QED) is 0.269. The molecule has 0 bridgehead atoms. The topological polar surface area (TPSA) is 119 Å². The summed E-state index contributed by atoms with van der Waals surface area (Å²) >= 11 is 0. The molecule has 6 rings (SSSR count). The highest BCUT2D eigenvalue weighted by Gasteiger charge is 2.43. The first-order chi connectivity index (χ1) is 23.3. The largest absolute Gasteiger partial charge is 0.392 e. The minimum Gasteiger partial charge on any atom is -0.392 e. The standard InChI is InChI=1S/C38H47N3O7/c1-26-34(24-41-18-16-38(17-19-41)45-20-21-46-38)47-36(48-35(26)31-12-10-30(25-42)11-13-31)32-14-8-29(9-15-32)23-39-37(44)40-33(27(2)43)22-28-6-4-3-5-7-28/h3-15,26,33-36,42H,16-25H2,1-2H3,(H2,39,40,44)/t26-,33+,34+,35+,36?/m0/s1. The van der Waals surface area contributed by atoms with Gasteiger partial charge in [0, 0.05) is 50.5 Å². The van der Waals surface area contributed by atoms with E-state index in [9.17, 15) is 14.7 Å². The zero-order valence-corrected chi connectivity index (χ0v) is 27.8. The minimum atomic E-state index is -0.603. The summed E-state index contributed by atoms with van der Waals surface area (Å²) in [6.45, 7) is 7.81. The van der Waals surface area contributed by atoms with Crippen LogP contribution in [0.5, 0.6) is 0 Å². The van der Waals surface area contributed by atoms with Gasteiger partial charge in [0.1, 0.15) is 0 Å². The van der Waals surface area contributed by atoms with E-state index in [0.29, 0.717) is 26.2 Å². The first-order valence-corrected chi connectivity index (χ1v) is 17.0. The second kappa shape index (κ2) is 15.7. The van der Waals surface area contributed by atoms with Gasteiger partial charge in [-0.25, -0.2) is 4.79 Å². The number of ether oxygens (including phenoxy) is 4. The lowest BCUT2D eigenvalue weighted by Crippen LogP contribution is -2.50. The van der Waals surface area contributed by atoms with Gasteiger partial charge in [0.15, 0.2) is 17.9 Å². The second-order valence-corrected chi connectivity index (χ2v) is 13.2. The smallest absolute Gasteiger partial charge is 0.315 e. The fourth-order valence-electron chi connectivity index (χ4n) is 6.77. The van der Waals surface area contributed by atoms with E-state index in [2.05, 4.69) is 22.5 Å². The molecule has 1 spiro atoms. The first kappa shape index (κ1) is 34.2. The van der Waals surface area contributed by atoms with Gasteiger partial charge in [-0.3, -0.25) is 4.79 Å². The number of piperidine rings is 1. The number of Topliss-reactive ketones (excluding diaryl/α,β-unsaturated/α-hetero) is 1. The molecule has 3 aromatic carbocycles. The van der Waals surface area contributed by atoms with E-state index in [0.717, 1.165) is 60.3 Å². The van der Waals surface area contributed by atoms with Crippen LogP contribution in [-0.4, -0.2) is 72.6 Å². The molecule has 2 amide bonds. The molecule has 3 fully saturated rings. The van der Waals surface area contributed by atoms with Crippen molar-refractivity contribution in [1.82, 2.24) is 15.5 Å². The molecule has 10 heteroatoms. The van der Waals surface area contributed by atoms with Gasteiger partial charge < -0.3 is 39.6 Å². The van der Waals surface area contributed by atoms with Gasteiger partial charge in [-0.05, 0) is 35.6 Å². The SMILES string of the molecule is CC(=O)[C@@H](Cc1ccccc1)NC(=O)NCc1ccc(C2O[C@H](CN3CCC4(CC3)OCCO4)[C@H](C)[C@H](c3ccc(CO)cc3)O2)cc1. The van der Waals surface area contributed by atoms with Crippen molar-refractivity contribution in [3.63, 3.8) is 0 Å². The highest BCUT2D eigenvalue weighted by atomic mass is 16.7. The van der Waals surface area contributed by atoms with Crippen LogP contribution in [0.15, 0.2) is 78.9 Å². The van der Waals surface area contributed by atoms with Crippen LogP contribution >= 0.6 is 0 Å². The summed E-state index contributed by atoms with van der Waals surface area (Å²) in [7, 11) is 0. The summed E-state index contributed by atoms with van der Waals surface area (Å²) in [4.78, 5) is 27.3. The van der Waals surface area contributed by atoms with Crippen molar-refractivity contribution in [3.8, 4) is 0 Å². The third kappa shape index (κ3) is 8.49.